The molecule has 0 spiro atoms. The van der Waals surface area contributed by atoms with E-state index in [1.54, 1.807) is 0 Å². The number of carbonyl (C=O) groups excluding carboxylic acids is 1. The predicted octanol–water partition coefficient (Wildman–Crippen LogP) is 4.56. The number of halogens is 2. The number of nitrogens with one attached hydrogen (secondary N) is 1. The van der Waals surface area contributed by atoms with Crippen LogP contribution < -0.4 is 5.32 Å². The summed E-state index contributed by atoms with van der Waals surface area (Å²) in [4.78, 5) is 12.2. The standard InChI is InChI=1S/C18H17BrClNO/c19-16-7-3-1-5-12(16)9-10-21-18(22)15-11-14(15)13-6-2-4-8-17(13)20/h1-8,14-15H,9-11H2,(H,21,22). The van der Waals surface area contributed by atoms with E-state index in [2.05, 4.69) is 27.3 Å². The van der Waals surface area contributed by atoms with Gasteiger partial charge in [-0.15, -0.1) is 0 Å². The molecule has 0 bridgehead atoms. The Bertz CT molecular complexity index is 688. The van der Waals surface area contributed by atoms with Gasteiger partial charge in [-0.2, -0.15) is 0 Å². The first-order valence-electron chi connectivity index (χ1n) is 7.42. The molecule has 3 rings (SSSR count). The summed E-state index contributed by atoms with van der Waals surface area (Å²) in [5.41, 5.74) is 2.30. The molecule has 0 aromatic heterocycles. The van der Waals surface area contributed by atoms with Gasteiger partial charge in [-0.05, 0) is 42.0 Å². The van der Waals surface area contributed by atoms with Gasteiger partial charge in [0.15, 0.2) is 0 Å². The van der Waals surface area contributed by atoms with E-state index in [0.29, 0.717) is 6.54 Å². The van der Waals surface area contributed by atoms with Crippen LogP contribution in [0.5, 0.6) is 0 Å². The molecule has 1 amide bonds. The van der Waals surface area contributed by atoms with Crippen LogP contribution in [0.25, 0.3) is 0 Å². The monoisotopic (exact) mass is 377 g/mol. The minimum absolute atomic E-state index is 0.0686. The fourth-order valence-corrected chi connectivity index (χ4v) is 3.52. The quantitative estimate of drug-likeness (QED) is 0.811. The largest absolute Gasteiger partial charge is 0.356 e. The topological polar surface area (TPSA) is 29.1 Å². The number of amides is 1. The van der Waals surface area contributed by atoms with Crippen LogP contribution in [-0.4, -0.2) is 12.5 Å². The van der Waals surface area contributed by atoms with Gasteiger partial charge < -0.3 is 5.32 Å². The number of hydrogen-bond donors (Lipinski definition) is 1. The lowest BCUT2D eigenvalue weighted by molar-refractivity contribution is -0.122. The van der Waals surface area contributed by atoms with Crippen LogP contribution in [0.3, 0.4) is 0 Å². The highest BCUT2D eigenvalue weighted by molar-refractivity contribution is 9.10. The van der Waals surface area contributed by atoms with Crippen LogP contribution in [0.2, 0.25) is 5.02 Å². The third-order valence-corrected chi connectivity index (χ3v) is 5.20. The van der Waals surface area contributed by atoms with Crippen molar-refractivity contribution >= 4 is 33.4 Å². The summed E-state index contributed by atoms with van der Waals surface area (Å²) in [5, 5.41) is 3.80. The maximum atomic E-state index is 12.2. The smallest absolute Gasteiger partial charge is 0.223 e. The van der Waals surface area contributed by atoms with Gasteiger partial charge in [0.25, 0.3) is 0 Å². The van der Waals surface area contributed by atoms with Crippen molar-refractivity contribution in [1.82, 2.24) is 5.32 Å². The average Bonchev–Trinajstić information content (AvgIpc) is 3.30. The van der Waals surface area contributed by atoms with Crippen LogP contribution in [0.15, 0.2) is 53.0 Å². The predicted molar refractivity (Wildman–Crippen MR) is 93.2 cm³/mol. The molecule has 114 valence electrons. The zero-order valence-electron chi connectivity index (χ0n) is 12.1. The molecule has 2 aromatic rings. The highest BCUT2D eigenvalue weighted by Crippen LogP contribution is 2.49. The normalized spacial score (nSPS) is 19.7. The summed E-state index contributed by atoms with van der Waals surface area (Å²) in [6, 6.07) is 15.9. The molecule has 4 heteroatoms. The van der Waals surface area contributed by atoms with E-state index in [4.69, 9.17) is 11.6 Å². The third kappa shape index (κ3) is 3.53. The Kier molecular flexibility index (Phi) is 4.84. The van der Waals surface area contributed by atoms with Crippen molar-refractivity contribution in [2.75, 3.05) is 6.54 Å². The van der Waals surface area contributed by atoms with Crippen molar-refractivity contribution in [3.05, 3.63) is 69.2 Å². The molecule has 1 aliphatic rings. The first-order chi connectivity index (χ1) is 10.7. The lowest BCUT2D eigenvalue weighted by atomic mass is 10.1. The second-order valence-electron chi connectivity index (χ2n) is 5.60. The molecule has 1 aliphatic carbocycles. The molecule has 22 heavy (non-hydrogen) atoms. The van der Waals surface area contributed by atoms with Crippen molar-refractivity contribution < 1.29 is 4.79 Å². The molecule has 1 saturated carbocycles. The Hall–Kier alpha value is -1.32. The SMILES string of the molecule is O=C(NCCc1ccccc1Br)C1CC1c1ccccc1Cl. The van der Waals surface area contributed by atoms with E-state index in [1.165, 1.54) is 5.56 Å². The van der Waals surface area contributed by atoms with Crippen LogP contribution in [0.4, 0.5) is 0 Å². The third-order valence-electron chi connectivity index (χ3n) is 4.08. The second kappa shape index (κ2) is 6.84. The van der Waals surface area contributed by atoms with Crippen molar-refractivity contribution in [2.45, 2.75) is 18.8 Å². The van der Waals surface area contributed by atoms with Gasteiger partial charge >= 0.3 is 0 Å². The summed E-state index contributed by atoms with van der Waals surface area (Å²) in [6.45, 7) is 0.660. The van der Waals surface area contributed by atoms with Crippen LogP contribution >= 0.6 is 27.5 Å². The Morgan fingerprint density at radius 3 is 2.68 bits per heavy atom. The van der Waals surface area contributed by atoms with Gasteiger partial charge in [-0.25, -0.2) is 0 Å². The zero-order valence-corrected chi connectivity index (χ0v) is 14.4. The van der Waals surface area contributed by atoms with Gasteiger partial charge in [-0.3, -0.25) is 4.79 Å². The fourth-order valence-electron chi connectivity index (χ4n) is 2.76. The molecule has 0 aliphatic heterocycles. The van der Waals surface area contributed by atoms with Gasteiger partial charge in [0.1, 0.15) is 0 Å². The summed E-state index contributed by atoms with van der Waals surface area (Å²) in [6.07, 6.45) is 1.72. The summed E-state index contributed by atoms with van der Waals surface area (Å²) in [5.74, 6) is 0.480. The average molecular weight is 379 g/mol. The molecule has 2 atom stereocenters. The first kappa shape index (κ1) is 15.6. The second-order valence-corrected chi connectivity index (χ2v) is 6.86. The van der Waals surface area contributed by atoms with Gasteiger partial charge in [0, 0.05) is 22.0 Å². The minimum Gasteiger partial charge on any atom is -0.356 e. The van der Waals surface area contributed by atoms with Gasteiger partial charge in [0.2, 0.25) is 5.91 Å². The summed E-state index contributed by atoms with van der Waals surface area (Å²) < 4.78 is 1.09. The zero-order chi connectivity index (χ0) is 15.5. The van der Waals surface area contributed by atoms with Gasteiger partial charge in [0.05, 0.1) is 0 Å². The lowest BCUT2D eigenvalue weighted by Crippen LogP contribution is -2.27. The Morgan fingerprint density at radius 2 is 1.91 bits per heavy atom. The number of carbonyl (C=O) groups is 1. The highest BCUT2D eigenvalue weighted by Gasteiger charge is 2.44. The summed E-state index contributed by atoms with van der Waals surface area (Å²) in [7, 11) is 0. The molecule has 1 fully saturated rings. The fraction of sp³-hybridized carbons (Fsp3) is 0.278. The van der Waals surface area contributed by atoms with E-state index in [9.17, 15) is 4.79 Å². The lowest BCUT2D eigenvalue weighted by Gasteiger charge is -2.07. The molecule has 0 saturated heterocycles. The number of rotatable bonds is 5. The number of hydrogen-bond acceptors (Lipinski definition) is 1. The summed E-state index contributed by atoms with van der Waals surface area (Å²) >= 11 is 9.72. The maximum Gasteiger partial charge on any atom is 0.223 e. The van der Waals surface area contributed by atoms with Crippen molar-refractivity contribution in [2.24, 2.45) is 5.92 Å². The highest BCUT2D eigenvalue weighted by atomic mass is 79.9. The molecule has 2 unspecified atom stereocenters. The van der Waals surface area contributed by atoms with Crippen LogP contribution in [0, 0.1) is 5.92 Å². The van der Waals surface area contributed by atoms with Crippen LogP contribution in [0.1, 0.15) is 23.5 Å². The molecular weight excluding hydrogens is 362 g/mol. The van der Waals surface area contributed by atoms with Crippen molar-refractivity contribution in [1.29, 1.82) is 0 Å². The Balaban J connectivity index is 1.50. The molecular formula is C18H17BrClNO. The molecule has 2 nitrogen and oxygen atoms in total. The van der Waals surface area contributed by atoms with Crippen molar-refractivity contribution in [3.8, 4) is 0 Å². The Morgan fingerprint density at radius 1 is 1.18 bits per heavy atom. The Labute approximate surface area is 144 Å². The van der Waals surface area contributed by atoms with E-state index in [-0.39, 0.29) is 17.7 Å². The molecule has 0 radical (unpaired) electrons. The van der Waals surface area contributed by atoms with E-state index < -0.39 is 0 Å². The van der Waals surface area contributed by atoms with Crippen molar-refractivity contribution in [3.63, 3.8) is 0 Å². The molecule has 2 aromatic carbocycles. The number of benzene rings is 2. The first-order valence-corrected chi connectivity index (χ1v) is 8.59. The van der Waals surface area contributed by atoms with E-state index in [1.807, 2.05) is 42.5 Å². The molecule has 0 heterocycles. The maximum absolute atomic E-state index is 12.2. The molecule has 1 N–H and O–H groups in total. The van der Waals surface area contributed by atoms with E-state index >= 15 is 0 Å². The van der Waals surface area contributed by atoms with Crippen LogP contribution in [-0.2, 0) is 11.2 Å². The van der Waals surface area contributed by atoms with E-state index in [0.717, 1.165) is 27.9 Å². The van der Waals surface area contributed by atoms with Gasteiger partial charge in [-0.1, -0.05) is 63.9 Å². The minimum atomic E-state index is 0.0686.